The topological polar surface area (TPSA) is 64.4 Å². The normalized spacial score (nSPS) is 11.6. The average Bonchev–Trinajstić information content (AvgIpc) is 2.99. The van der Waals surface area contributed by atoms with E-state index in [4.69, 9.17) is 8.94 Å². The van der Waals surface area contributed by atoms with Crippen LogP contribution in [0.3, 0.4) is 0 Å². The summed E-state index contributed by atoms with van der Waals surface area (Å²) >= 11 is 0. The fraction of sp³-hybridized carbons (Fsp3) is 0.333. The summed E-state index contributed by atoms with van der Waals surface area (Å²) in [5.74, 6) is 0.484. The van der Waals surface area contributed by atoms with Gasteiger partial charge in [0.2, 0.25) is 0 Å². The standard InChI is InChI=1S/C15H17N3O3/c1-11-9-12(16-21-11)10-17(2)7-8-18-13-5-3-4-6-14(13)20-15(18)19/h3-6,9H,7-8,10H2,1-2H3. The Hall–Kier alpha value is -2.34. The van der Waals surface area contributed by atoms with E-state index in [1.807, 2.05) is 38.2 Å². The number of hydrogen-bond donors (Lipinski definition) is 0. The first-order chi connectivity index (χ1) is 10.1. The van der Waals surface area contributed by atoms with Crippen LogP contribution in [0.5, 0.6) is 0 Å². The summed E-state index contributed by atoms with van der Waals surface area (Å²) in [4.78, 5) is 14.0. The van der Waals surface area contributed by atoms with Crippen LogP contribution in [0, 0.1) is 6.92 Å². The van der Waals surface area contributed by atoms with Crippen LogP contribution in [0.2, 0.25) is 0 Å². The van der Waals surface area contributed by atoms with Crippen molar-refractivity contribution in [1.82, 2.24) is 14.6 Å². The Morgan fingerprint density at radius 3 is 2.90 bits per heavy atom. The average molecular weight is 287 g/mol. The van der Waals surface area contributed by atoms with E-state index >= 15 is 0 Å². The molecule has 0 saturated heterocycles. The lowest BCUT2D eigenvalue weighted by molar-refractivity contribution is 0.294. The van der Waals surface area contributed by atoms with Crippen molar-refractivity contribution in [2.24, 2.45) is 0 Å². The van der Waals surface area contributed by atoms with Crippen molar-refractivity contribution in [3.63, 3.8) is 0 Å². The van der Waals surface area contributed by atoms with Gasteiger partial charge in [0.05, 0.1) is 11.2 Å². The van der Waals surface area contributed by atoms with Gasteiger partial charge in [0.25, 0.3) is 0 Å². The van der Waals surface area contributed by atoms with E-state index in [1.54, 1.807) is 10.6 Å². The predicted octanol–water partition coefficient (Wildman–Crippen LogP) is 2.02. The molecule has 0 aliphatic rings. The van der Waals surface area contributed by atoms with Crippen molar-refractivity contribution in [1.29, 1.82) is 0 Å². The van der Waals surface area contributed by atoms with Crippen LogP contribution in [-0.2, 0) is 13.1 Å². The number of para-hydroxylation sites is 2. The van der Waals surface area contributed by atoms with Gasteiger partial charge in [0.1, 0.15) is 5.76 Å². The number of likely N-dealkylation sites (N-methyl/N-ethyl adjacent to an activating group) is 1. The third-order valence-corrected chi connectivity index (χ3v) is 3.39. The molecule has 0 aliphatic carbocycles. The zero-order chi connectivity index (χ0) is 14.8. The summed E-state index contributed by atoms with van der Waals surface area (Å²) < 4.78 is 11.9. The molecule has 6 nitrogen and oxygen atoms in total. The van der Waals surface area contributed by atoms with E-state index in [9.17, 15) is 4.79 Å². The van der Waals surface area contributed by atoms with Crippen LogP contribution in [0.4, 0.5) is 0 Å². The van der Waals surface area contributed by atoms with Crippen molar-refractivity contribution in [2.75, 3.05) is 13.6 Å². The molecule has 0 N–H and O–H groups in total. The molecule has 0 saturated carbocycles. The van der Waals surface area contributed by atoms with Crippen LogP contribution in [0.25, 0.3) is 11.1 Å². The molecule has 3 rings (SSSR count). The minimum absolute atomic E-state index is 0.318. The summed E-state index contributed by atoms with van der Waals surface area (Å²) in [6.07, 6.45) is 0. The Kier molecular flexibility index (Phi) is 3.62. The molecule has 2 aromatic heterocycles. The first kappa shape index (κ1) is 13.6. The first-order valence-electron chi connectivity index (χ1n) is 6.82. The summed E-state index contributed by atoms with van der Waals surface area (Å²) in [5.41, 5.74) is 2.34. The number of rotatable bonds is 5. The Balaban J connectivity index is 1.68. The Labute approximate surface area is 121 Å². The maximum Gasteiger partial charge on any atom is 0.419 e. The van der Waals surface area contributed by atoms with Crippen molar-refractivity contribution < 1.29 is 8.94 Å². The second kappa shape index (κ2) is 5.57. The number of benzene rings is 1. The molecule has 0 radical (unpaired) electrons. The van der Waals surface area contributed by atoms with Crippen LogP contribution in [-0.4, -0.2) is 28.2 Å². The molecule has 0 fully saturated rings. The van der Waals surface area contributed by atoms with Gasteiger partial charge in [0, 0.05) is 25.7 Å². The first-order valence-corrected chi connectivity index (χ1v) is 6.82. The molecule has 110 valence electrons. The Morgan fingerprint density at radius 1 is 1.33 bits per heavy atom. The highest BCUT2D eigenvalue weighted by molar-refractivity contribution is 5.72. The van der Waals surface area contributed by atoms with Gasteiger partial charge in [-0.3, -0.25) is 9.47 Å². The van der Waals surface area contributed by atoms with Crippen LogP contribution in [0.1, 0.15) is 11.5 Å². The molecule has 6 heteroatoms. The number of oxazole rings is 1. The Bertz CT molecular complexity index is 800. The number of aromatic nitrogens is 2. The third-order valence-electron chi connectivity index (χ3n) is 3.39. The van der Waals surface area contributed by atoms with E-state index < -0.39 is 0 Å². The predicted molar refractivity (Wildman–Crippen MR) is 78.0 cm³/mol. The van der Waals surface area contributed by atoms with Crippen molar-refractivity contribution >= 4 is 11.1 Å². The van der Waals surface area contributed by atoms with Crippen molar-refractivity contribution in [3.05, 3.63) is 52.3 Å². The van der Waals surface area contributed by atoms with Crippen molar-refractivity contribution in [3.8, 4) is 0 Å². The zero-order valence-corrected chi connectivity index (χ0v) is 12.1. The van der Waals surface area contributed by atoms with Gasteiger partial charge in [-0.15, -0.1) is 0 Å². The quantitative estimate of drug-likeness (QED) is 0.718. The van der Waals surface area contributed by atoms with Gasteiger partial charge in [-0.05, 0) is 26.1 Å². The molecular formula is C15H17N3O3. The van der Waals surface area contributed by atoms with Crippen LogP contribution >= 0.6 is 0 Å². The molecule has 0 spiro atoms. The molecule has 0 atom stereocenters. The molecule has 2 heterocycles. The highest BCUT2D eigenvalue weighted by Gasteiger charge is 2.10. The van der Waals surface area contributed by atoms with E-state index in [0.717, 1.165) is 23.5 Å². The summed E-state index contributed by atoms with van der Waals surface area (Å²) in [7, 11) is 1.98. The largest absolute Gasteiger partial charge is 0.419 e. The van der Waals surface area contributed by atoms with Crippen molar-refractivity contribution in [2.45, 2.75) is 20.0 Å². The van der Waals surface area contributed by atoms with E-state index in [-0.39, 0.29) is 5.76 Å². The number of hydrogen-bond acceptors (Lipinski definition) is 5. The highest BCUT2D eigenvalue weighted by atomic mass is 16.5. The molecule has 3 aromatic rings. The second-order valence-electron chi connectivity index (χ2n) is 5.15. The monoisotopic (exact) mass is 287 g/mol. The molecule has 0 unspecified atom stereocenters. The lowest BCUT2D eigenvalue weighted by Crippen LogP contribution is -2.26. The smallest absolute Gasteiger partial charge is 0.408 e. The second-order valence-corrected chi connectivity index (χ2v) is 5.15. The van der Waals surface area contributed by atoms with E-state index in [1.165, 1.54) is 0 Å². The van der Waals surface area contributed by atoms with Gasteiger partial charge >= 0.3 is 5.76 Å². The lowest BCUT2D eigenvalue weighted by Gasteiger charge is -2.14. The van der Waals surface area contributed by atoms with Gasteiger partial charge in [-0.1, -0.05) is 17.3 Å². The minimum Gasteiger partial charge on any atom is -0.408 e. The molecule has 0 bridgehead atoms. The minimum atomic E-state index is -0.318. The van der Waals surface area contributed by atoms with Crippen LogP contribution in [0.15, 0.2) is 44.1 Å². The summed E-state index contributed by atoms with van der Waals surface area (Å²) in [6, 6.07) is 9.36. The highest BCUT2D eigenvalue weighted by Crippen LogP contribution is 2.12. The third kappa shape index (κ3) is 2.90. The fourth-order valence-corrected chi connectivity index (χ4v) is 2.34. The van der Waals surface area contributed by atoms with Gasteiger partial charge in [-0.25, -0.2) is 4.79 Å². The van der Waals surface area contributed by atoms with Gasteiger partial charge < -0.3 is 8.94 Å². The summed E-state index contributed by atoms with van der Waals surface area (Å²) in [5, 5.41) is 3.96. The summed E-state index contributed by atoms with van der Waals surface area (Å²) in [6.45, 7) is 3.84. The fourth-order valence-electron chi connectivity index (χ4n) is 2.34. The van der Waals surface area contributed by atoms with E-state index in [0.29, 0.717) is 18.7 Å². The van der Waals surface area contributed by atoms with Gasteiger partial charge in [-0.2, -0.15) is 0 Å². The lowest BCUT2D eigenvalue weighted by atomic mass is 10.3. The molecule has 1 aromatic carbocycles. The molecular weight excluding hydrogens is 270 g/mol. The maximum absolute atomic E-state index is 11.9. The molecule has 21 heavy (non-hydrogen) atoms. The number of aryl methyl sites for hydroxylation is 1. The molecule has 0 aliphatic heterocycles. The number of fused-ring (bicyclic) bond motifs is 1. The SMILES string of the molecule is Cc1cc(CN(C)CCn2c(=O)oc3ccccc32)no1. The Morgan fingerprint density at radius 2 is 2.14 bits per heavy atom. The number of nitrogens with zero attached hydrogens (tertiary/aromatic N) is 3. The zero-order valence-electron chi connectivity index (χ0n) is 12.1. The maximum atomic E-state index is 11.9. The molecule has 0 amide bonds. The van der Waals surface area contributed by atoms with Gasteiger partial charge in [0.15, 0.2) is 5.58 Å². The van der Waals surface area contributed by atoms with Crippen LogP contribution < -0.4 is 5.76 Å². The van der Waals surface area contributed by atoms with E-state index in [2.05, 4.69) is 10.1 Å².